The van der Waals surface area contributed by atoms with E-state index in [2.05, 4.69) is 11.9 Å². The summed E-state index contributed by atoms with van der Waals surface area (Å²) in [5.41, 5.74) is 0. The van der Waals surface area contributed by atoms with E-state index in [0.717, 1.165) is 25.9 Å². The van der Waals surface area contributed by atoms with Gasteiger partial charge in [0.15, 0.2) is 0 Å². The number of likely N-dealkylation sites (tertiary alicyclic amines) is 2. The highest BCUT2D eigenvalue weighted by Crippen LogP contribution is 2.21. The Morgan fingerprint density at radius 2 is 1.95 bits per heavy atom. The lowest BCUT2D eigenvalue weighted by Gasteiger charge is -2.35. The highest BCUT2D eigenvalue weighted by molar-refractivity contribution is 5.78. The second-order valence-corrected chi connectivity index (χ2v) is 5.85. The van der Waals surface area contributed by atoms with Crippen molar-refractivity contribution in [2.24, 2.45) is 5.92 Å². The summed E-state index contributed by atoms with van der Waals surface area (Å²) in [5, 5.41) is 9.06. The monoisotopic (exact) mass is 268 g/mol. The molecule has 2 rings (SSSR count). The summed E-state index contributed by atoms with van der Waals surface area (Å²) < 4.78 is 0. The summed E-state index contributed by atoms with van der Waals surface area (Å²) in [6, 6.07) is 0.339. The van der Waals surface area contributed by atoms with Crippen molar-refractivity contribution in [2.45, 2.75) is 44.6 Å². The minimum Gasteiger partial charge on any atom is -0.481 e. The van der Waals surface area contributed by atoms with Gasteiger partial charge in [-0.25, -0.2) is 0 Å². The Hall–Kier alpha value is -1.10. The van der Waals surface area contributed by atoms with Gasteiger partial charge in [-0.15, -0.1) is 0 Å². The van der Waals surface area contributed by atoms with Crippen molar-refractivity contribution in [2.75, 3.05) is 26.7 Å². The number of rotatable bonds is 3. The molecular formula is C14H24N2O3. The number of amides is 1. The molecule has 0 aromatic rings. The minimum atomic E-state index is -0.771. The third-order valence-electron chi connectivity index (χ3n) is 4.46. The molecule has 0 aliphatic carbocycles. The molecule has 19 heavy (non-hydrogen) atoms. The zero-order chi connectivity index (χ0) is 13.8. The van der Waals surface area contributed by atoms with Crippen LogP contribution in [0.15, 0.2) is 0 Å². The number of hydrogen-bond acceptors (Lipinski definition) is 3. The minimum absolute atomic E-state index is 0.129. The standard InChI is InChI=1S/C14H24N2O3/c1-15-7-3-2-6-12(15)9-13(17)16-8-4-5-11(10-16)14(18)19/h11-12H,2-10H2,1H3,(H,18,19). The molecule has 2 heterocycles. The van der Waals surface area contributed by atoms with Crippen molar-refractivity contribution < 1.29 is 14.7 Å². The average Bonchev–Trinajstić information content (AvgIpc) is 2.41. The van der Waals surface area contributed by atoms with Crippen molar-refractivity contribution in [1.82, 2.24) is 9.80 Å². The predicted molar refractivity (Wildman–Crippen MR) is 71.8 cm³/mol. The van der Waals surface area contributed by atoms with Crippen molar-refractivity contribution >= 4 is 11.9 Å². The molecule has 0 bridgehead atoms. The van der Waals surface area contributed by atoms with Crippen molar-refractivity contribution in [3.63, 3.8) is 0 Å². The number of hydrogen-bond donors (Lipinski definition) is 1. The third kappa shape index (κ3) is 3.69. The number of carboxylic acid groups (broad SMARTS) is 1. The summed E-state index contributed by atoms with van der Waals surface area (Å²) in [6.45, 7) is 2.18. The molecule has 1 N–H and O–H groups in total. The highest BCUT2D eigenvalue weighted by Gasteiger charge is 2.30. The molecule has 2 unspecified atom stereocenters. The van der Waals surface area contributed by atoms with Crippen LogP contribution in [0.1, 0.15) is 38.5 Å². The summed E-state index contributed by atoms with van der Waals surface area (Å²) >= 11 is 0. The highest BCUT2D eigenvalue weighted by atomic mass is 16.4. The Kier molecular flexibility index (Phi) is 4.80. The molecule has 2 saturated heterocycles. The van der Waals surface area contributed by atoms with Crippen LogP contribution in [0.2, 0.25) is 0 Å². The van der Waals surface area contributed by atoms with Gasteiger partial charge in [0.25, 0.3) is 0 Å². The molecule has 0 radical (unpaired) electrons. The molecule has 2 fully saturated rings. The first kappa shape index (κ1) is 14.3. The van der Waals surface area contributed by atoms with Crippen LogP contribution < -0.4 is 0 Å². The maximum absolute atomic E-state index is 12.3. The molecule has 1 amide bonds. The summed E-state index contributed by atoms with van der Waals surface area (Å²) in [5.74, 6) is -1.02. The molecule has 2 aliphatic heterocycles. The van der Waals surface area contributed by atoms with Gasteiger partial charge >= 0.3 is 5.97 Å². The van der Waals surface area contributed by atoms with Crippen LogP contribution >= 0.6 is 0 Å². The van der Waals surface area contributed by atoms with Crippen LogP contribution in [0.4, 0.5) is 0 Å². The average molecular weight is 268 g/mol. The molecule has 2 aliphatic rings. The summed E-state index contributed by atoms with van der Waals surface area (Å²) in [7, 11) is 2.08. The largest absolute Gasteiger partial charge is 0.481 e. The predicted octanol–water partition coefficient (Wildman–Crippen LogP) is 1.18. The van der Waals surface area contributed by atoms with E-state index in [1.165, 1.54) is 12.8 Å². The van der Waals surface area contributed by atoms with E-state index in [4.69, 9.17) is 5.11 Å². The normalized spacial score (nSPS) is 29.2. The SMILES string of the molecule is CN1CCCCC1CC(=O)N1CCCC(C(=O)O)C1. The van der Waals surface area contributed by atoms with Gasteiger partial charge in [-0.1, -0.05) is 6.42 Å². The molecule has 0 saturated carbocycles. The Morgan fingerprint density at radius 1 is 1.16 bits per heavy atom. The number of nitrogens with zero attached hydrogens (tertiary/aromatic N) is 2. The van der Waals surface area contributed by atoms with Crippen molar-refractivity contribution in [3.05, 3.63) is 0 Å². The molecule has 2 atom stereocenters. The first-order chi connectivity index (χ1) is 9.08. The van der Waals surface area contributed by atoms with Gasteiger partial charge in [0.2, 0.25) is 5.91 Å². The van der Waals surface area contributed by atoms with Crippen LogP contribution in [-0.2, 0) is 9.59 Å². The maximum Gasteiger partial charge on any atom is 0.308 e. The zero-order valence-electron chi connectivity index (χ0n) is 11.7. The number of carboxylic acids is 1. The van der Waals surface area contributed by atoms with Crippen LogP contribution in [0, 0.1) is 5.92 Å². The number of piperidine rings is 2. The zero-order valence-corrected chi connectivity index (χ0v) is 11.7. The quantitative estimate of drug-likeness (QED) is 0.835. The Bertz CT molecular complexity index is 346. The van der Waals surface area contributed by atoms with E-state index in [1.807, 2.05) is 0 Å². The number of aliphatic carboxylic acids is 1. The molecule has 0 aromatic heterocycles. The first-order valence-electron chi connectivity index (χ1n) is 7.28. The van der Waals surface area contributed by atoms with Gasteiger partial charge in [-0.05, 0) is 39.3 Å². The van der Waals surface area contributed by atoms with Gasteiger partial charge in [-0.3, -0.25) is 9.59 Å². The fraction of sp³-hybridized carbons (Fsp3) is 0.857. The van der Waals surface area contributed by atoms with Gasteiger partial charge in [0.05, 0.1) is 5.92 Å². The fourth-order valence-corrected chi connectivity index (χ4v) is 3.14. The fourth-order valence-electron chi connectivity index (χ4n) is 3.14. The van der Waals surface area contributed by atoms with Gasteiger partial charge in [-0.2, -0.15) is 0 Å². The molecular weight excluding hydrogens is 244 g/mol. The molecule has 0 spiro atoms. The number of carbonyl (C=O) groups is 2. The van der Waals surface area contributed by atoms with Crippen LogP contribution in [0.3, 0.4) is 0 Å². The van der Waals surface area contributed by atoms with Gasteiger partial charge < -0.3 is 14.9 Å². The second kappa shape index (κ2) is 6.37. The van der Waals surface area contributed by atoms with E-state index in [1.54, 1.807) is 4.90 Å². The topological polar surface area (TPSA) is 60.9 Å². The molecule has 108 valence electrons. The van der Waals surface area contributed by atoms with Gasteiger partial charge in [0, 0.05) is 25.6 Å². The molecule has 5 heteroatoms. The van der Waals surface area contributed by atoms with Gasteiger partial charge in [0.1, 0.15) is 0 Å². The summed E-state index contributed by atoms with van der Waals surface area (Å²) in [6.07, 6.45) is 5.54. The number of carbonyl (C=O) groups excluding carboxylic acids is 1. The van der Waals surface area contributed by atoms with E-state index in [-0.39, 0.29) is 11.8 Å². The van der Waals surface area contributed by atoms with E-state index >= 15 is 0 Å². The third-order valence-corrected chi connectivity index (χ3v) is 4.46. The Balaban J connectivity index is 1.86. The van der Waals surface area contributed by atoms with Crippen LogP contribution in [-0.4, -0.2) is 59.5 Å². The van der Waals surface area contributed by atoms with Crippen LogP contribution in [0.5, 0.6) is 0 Å². The smallest absolute Gasteiger partial charge is 0.308 e. The summed E-state index contributed by atoms with van der Waals surface area (Å²) in [4.78, 5) is 27.3. The lowest BCUT2D eigenvalue weighted by Crippen LogP contribution is -2.46. The maximum atomic E-state index is 12.3. The molecule has 5 nitrogen and oxygen atoms in total. The Morgan fingerprint density at radius 3 is 2.63 bits per heavy atom. The molecule has 0 aromatic carbocycles. The van der Waals surface area contributed by atoms with E-state index < -0.39 is 5.97 Å². The van der Waals surface area contributed by atoms with E-state index in [9.17, 15) is 9.59 Å². The van der Waals surface area contributed by atoms with Crippen LogP contribution in [0.25, 0.3) is 0 Å². The Labute approximate surface area is 114 Å². The van der Waals surface area contributed by atoms with Crippen molar-refractivity contribution in [3.8, 4) is 0 Å². The van der Waals surface area contributed by atoms with Crippen molar-refractivity contribution in [1.29, 1.82) is 0 Å². The lowest BCUT2D eigenvalue weighted by molar-refractivity contribution is -0.146. The van der Waals surface area contributed by atoms with E-state index in [0.29, 0.717) is 25.4 Å². The second-order valence-electron chi connectivity index (χ2n) is 5.85. The first-order valence-corrected chi connectivity index (χ1v) is 7.28. The lowest BCUT2D eigenvalue weighted by atomic mass is 9.96.